The summed E-state index contributed by atoms with van der Waals surface area (Å²) in [4.78, 5) is 13.1. The molecule has 0 amide bonds. The Bertz CT molecular complexity index is 1570. The number of carboxylic acids is 1. The number of carbonyl (C=O) groups is 1. The number of aliphatic carboxylic acids is 1. The number of carboxylic acid groups (broad SMARTS) is 1. The van der Waals surface area contributed by atoms with Gasteiger partial charge in [-0.15, -0.1) is 0 Å². The molecule has 4 rings (SSSR count). The number of aromatic nitrogens is 1. The largest absolute Gasteiger partial charge is 0.748 e. The molecule has 1 aromatic heterocycles. The first-order valence-electron chi connectivity index (χ1n) is 15.0. The molecule has 3 aromatic rings. The zero-order valence-corrected chi connectivity index (χ0v) is 26.1. The average Bonchev–Trinajstić information content (AvgIpc) is 3.20. The van der Waals surface area contributed by atoms with E-state index in [-0.39, 0.29) is 17.6 Å². The molecule has 2 heterocycles. The maximum atomic E-state index is 11.2. The lowest BCUT2D eigenvalue weighted by Gasteiger charge is -2.30. The summed E-state index contributed by atoms with van der Waals surface area (Å²) in [7, 11) is -4.24. The van der Waals surface area contributed by atoms with Crippen LogP contribution < -0.4 is 9.47 Å². The van der Waals surface area contributed by atoms with Gasteiger partial charge in [0.15, 0.2) is 11.4 Å². The standard InChI is InChI=1S/C35H42N2O5S/c1-27-25-29(26-28(2)36(27)23-12-5-8-21-34(38)39)15-14-20-33-35(3,22-11-13-24-43(40,41)42)31-18-9-10-19-32(31)37(33)30-16-6-4-7-17-30/h4,6-7,9-10,14-20,25-26H,5,8,11-13,21-24H2,1-3H3,(H-,38,39,40,41,42). The topological polar surface area (TPSA) is 102 Å². The van der Waals surface area contributed by atoms with Gasteiger partial charge >= 0.3 is 5.97 Å². The van der Waals surface area contributed by atoms with Crippen LogP contribution in [-0.2, 0) is 26.9 Å². The molecule has 2 aromatic carbocycles. The number of hydrogen-bond donors (Lipinski definition) is 1. The molecule has 43 heavy (non-hydrogen) atoms. The van der Waals surface area contributed by atoms with Gasteiger partial charge in [0.25, 0.3) is 0 Å². The molecule has 228 valence electrons. The fourth-order valence-corrected chi connectivity index (χ4v) is 6.72. The average molecular weight is 603 g/mol. The summed E-state index contributed by atoms with van der Waals surface area (Å²) < 4.78 is 36.0. The van der Waals surface area contributed by atoms with Gasteiger partial charge < -0.3 is 14.6 Å². The molecule has 0 radical (unpaired) electrons. The number of aryl methyl sites for hydroxylation is 2. The molecule has 1 aliphatic heterocycles. The molecule has 1 N–H and O–H groups in total. The van der Waals surface area contributed by atoms with Crippen LogP contribution in [0.3, 0.4) is 0 Å². The van der Waals surface area contributed by atoms with Crippen molar-refractivity contribution >= 4 is 33.5 Å². The van der Waals surface area contributed by atoms with E-state index < -0.39 is 16.1 Å². The number of fused-ring (bicyclic) bond motifs is 1. The first-order chi connectivity index (χ1) is 20.5. The molecule has 1 unspecified atom stereocenters. The van der Waals surface area contributed by atoms with Crippen LogP contribution in [0.25, 0.3) is 6.08 Å². The monoisotopic (exact) mass is 602 g/mol. The Morgan fingerprint density at radius 2 is 1.63 bits per heavy atom. The molecule has 0 saturated heterocycles. The number of allylic oxidation sites excluding steroid dienone is 3. The molecule has 0 aliphatic carbocycles. The van der Waals surface area contributed by atoms with Crippen LogP contribution >= 0.6 is 0 Å². The van der Waals surface area contributed by atoms with E-state index in [0.29, 0.717) is 25.7 Å². The Morgan fingerprint density at radius 1 is 0.953 bits per heavy atom. The lowest BCUT2D eigenvalue weighted by Crippen LogP contribution is -2.40. The quantitative estimate of drug-likeness (QED) is 0.122. The van der Waals surface area contributed by atoms with Crippen molar-refractivity contribution in [2.24, 2.45) is 0 Å². The lowest BCUT2D eigenvalue weighted by molar-refractivity contribution is -0.709. The van der Waals surface area contributed by atoms with E-state index in [1.165, 1.54) is 5.56 Å². The number of nitrogens with zero attached hydrogens (tertiary/aromatic N) is 2. The summed E-state index contributed by atoms with van der Waals surface area (Å²) >= 11 is 0. The van der Waals surface area contributed by atoms with Gasteiger partial charge in [-0.1, -0.05) is 55.0 Å². The van der Waals surface area contributed by atoms with Crippen LogP contribution in [0.5, 0.6) is 0 Å². The Morgan fingerprint density at radius 3 is 2.30 bits per heavy atom. The van der Waals surface area contributed by atoms with Crippen molar-refractivity contribution in [3.05, 3.63) is 107 Å². The van der Waals surface area contributed by atoms with Gasteiger partial charge in [-0.25, -0.2) is 13.0 Å². The number of benzene rings is 2. The second-order valence-electron chi connectivity index (χ2n) is 11.6. The van der Waals surface area contributed by atoms with Crippen molar-refractivity contribution in [2.45, 2.75) is 77.7 Å². The highest BCUT2D eigenvalue weighted by Crippen LogP contribution is 2.53. The molecule has 8 heteroatoms. The zero-order chi connectivity index (χ0) is 31.0. The van der Waals surface area contributed by atoms with E-state index in [1.54, 1.807) is 0 Å². The molecule has 0 saturated carbocycles. The van der Waals surface area contributed by atoms with Crippen LogP contribution in [-0.4, -0.2) is 29.8 Å². The van der Waals surface area contributed by atoms with Crippen LogP contribution in [0.1, 0.15) is 74.4 Å². The maximum Gasteiger partial charge on any atom is 0.303 e. The van der Waals surface area contributed by atoms with Crippen LogP contribution in [0.4, 0.5) is 11.4 Å². The predicted molar refractivity (Wildman–Crippen MR) is 170 cm³/mol. The second-order valence-corrected chi connectivity index (χ2v) is 13.1. The molecule has 1 atom stereocenters. The predicted octanol–water partition coefficient (Wildman–Crippen LogP) is 6.96. The summed E-state index contributed by atoms with van der Waals surface area (Å²) in [6, 6.07) is 22.9. The summed E-state index contributed by atoms with van der Waals surface area (Å²) in [5.74, 6) is -1.09. The first kappa shape index (κ1) is 32.2. The maximum absolute atomic E-state index is 11.2. The number of rotatable bonds is 14. The molecule has 0 fully saturated rings. The Kier molecular flexibility index (Phi) is 10.6. The van der Waals surface area contributed by atoms with Gasteiger partial charge in [-0.05, 0) is 68.0 Å². The van der Waals surface area contributed by atoms with Gasteiger partial charge in [0, 0.05) is 67.1 Å². The highest BCUT2D eigenvalue weighted by atomic mass is 32.2. The fraction of sp³-hybridized carbons (Fsp3) is 0.371. The highest BCUT2D eigenvalue weighted by Gasteiger charge is 2.43. The van der Waals surface area contributed by atoms with Crippen molar-refractivity contribution in [1.82, 2.24) is 0 Å². The van der Waals surface area contributed by atoms with Gasteiger partial charge in [0.2, 0.25) is 0 Å². The summed E-state index contributed by atoms with van der Waals surface area (Å²) in [6.07, 6.45) is 10.8. The van der Waals surface area contributed by atoms with E-state index in [2.05, 4.69) is 84.9 Å². The normalized spacial score (nSPS) is 17.6. The molecule has 7 nitrogen and oxygen atoms in total. The summed E-state index contributed by atoms with van der Waals surface area (Å²) in [6.45, 7) is 7.27. The van der Waals surface area contributed by atoms with Crippen LogP contribution in [0.2, 0.25) is 0 Å². The van der Waals surface area contributed by atoms with Crippen molar-refractivity contribution in [3.63, 3.8) is 0 Å². The number of unbranched alkanes of at least 4 members (excludes halogenated alkanes) is 3. The molecule has 0 spiro atoms. The van der Waals surface area contributed by atoms with E-state index in [1.807, 2.05) is 30.3 Å². The van der Waals surface area contributed by atoms with E-state index in [0.717, 1.165) is 53.4 Å². The third kappa shape index (κ3) is 8.21. The Balaban J connectivity index is 1.62. The fourth-order valence-electron chi connectivity index (χ4n) is 6.16. The van der Waals surface area contributed by atoms with Gasteiger partial charge in [0.1, 0.15) is 6.54 Å². The Hall–Kier alpha value is -3.75. The second kappa shape index (κ2) is 14.1. The lowest BCUT2D eigenvalue weighted by atomic mass is 9.77. The van der Waals surface area contributed by atoms with E-state index in [9.17, 15) is 17.8 Å². The summed E-state index contributed by atoms with van der Waals surface area (Å²) in [5, 5.41) is 8.86. The molecular weight excluding hydrogens is 560 g/mol. The van der Waals surface area contributed by atoms with E-state index in [4.69, 9.17) is 5.11 Å². The van der Waals surface area contributed by atoms with Crippen LogP contribution in [0.15, 0.2) is 84.6 Å². The molecule has 1 aliphatic rings. The number of para-hydroxylation sites is 2. The minimum Gasteiger partial charge on any atom is -0.748 e. The third-order valence-corrected chi connectivity index (χ3v) is 9.09. The van der Waals surface area contributed by atoms with E-state index >= 15 is 0 Å². The smallest absolute Gasteiger partial charge is 0.303 e. The first-order valence-corrected chi connectivity index (χ1v) is 16.6. The minimum atomic E-state index is -4.24. The number of hydrogen-bond acceptors (Lipinski definition) is 5. The summed E-state index contributed by atoms with van der Waals surface area (Å²) in [5.41, 5.74) is 7.46. The van der Waals surface area contributed by atoms with Crippen molar-refractivity contribution in [3.8, 4) is 0 Å². The minimum absolute atomic E-state index is 0.218. The van der Waals surface area contributed by atoms with Crippen molar-refractivity contribution < 1.29 is 27.4 Å². The number of pyridine rings is 1. The SMILES string of the molecule is Cc1cc(C=CC=C2N(c3ccccc3)c3ccccc3C2(C)CCCCS(=O)(=O)[O-])cc(C)[n+]1CCCCCC(=O)O. The molecule has 0 bridgehead atoms. The van der Waals surface area contributed by atoms with Crippen molar-refractivity contribution in [1.29, 1.82) is 0 Å². The Labute approximate surface area is 256 Å². The van der Waals surface area contributed by atoms with Gasteiger partial charge in [0.05, 0.1) is 10.1 Å². The van der Waals surface area contributed by atoms with Crippen LogP contribution in [0, 0.1) is 13.8 Å². The number of anilines is 2. The van der Waals surface area contributed by atoms with Crippen molar-refractivity contribution in [2.75, 3.05) is 10.7 Å². The third-order valence-electron chi connectivity index (χ3n) is 8.30. The highest BCUT2D eigenvalue weighted by molar-refractivity contribution is 7.85. The van der Waals surface area contributed by atoms with Gasteiger partial charge in [-0.2, -0.15) is 0 Å². The van der Waals surface area contributed by atoms with Gasteiger partial charge in [-0.3, -0.25) is 4.79 Å². The zero-order valence-electron chi connectivity index (χ0n) is 25.3. The molecular formula is C35H42N2O5S.